The average Bonchev–Trinajstić information content (AvgIpc) is 2.89. The summed E-state index contributed by atoms with van der Waals surface area (Å²) in [7, 11) is 0. The highest BCUT2D eigenvalue weighted by atomic mass is 32.2. The molecule has 0 saturated heterocycles. The summed E-state index contributed by atoms with van der Waals surface area (Å²) < 4.78 is 1.64. The summed E-state index contributed by atoms with van der Waals surface area (Å²) in [5.74, 6) is 0.666. The lowest BCUT2D eigenvalue weighted by molar-refractivity contribution is -0.121. The number of fused-ring (bicyclic) bond motifs is 1. The SMILES string of the molecule is Cc1cc(=O)n2c(n1)SCC2CC(=O)NCc1ccccc1. The van der Waals surface area contributed by atoms with E-state index in [0.717, 1.165) is 11.3 Å². The molecule has 1 atom stereocenters. The Bertz CT molecular complexity index is 743. The first kappa shape index (κ1) is 14.8. The molecule has 0 bridgehead atoms. The molecule has 1 aromatic heterocycles. The number of hydrogen-bond acceptors (Lipinski definition) is 4. The molecule has 0 aliphatic carbocycles. The summed E-state index contributed by atoms with van der Waals surface area (Å²) in [6.07, 6.45) is 0.303. The lowest BCUT2D eigenvalue weighted by atomic mass is 10.2. The highest BCUT2D eigenvalue weighted by Crippen LogP contribution is 2.31. The Morgan fingerprint density at radius 2 is 2.18 bits per heavy atom. The molecule has 1 amide bonds. The van der Waals surface area contributed by atoms with Crippen molar-refractivity contribution in [3.05, 3.63) is 58.0 Å². The van der Waals surface area contributed by atoms with E-state index in [1.54, 1.807) is 4.57 Å². The molecule has 114 valence electrons. The van der Waals surface area contributed by atoms with Gasteiger partial charge in [0.15, 0.2) is 5.16 Å². The van der Waals surface area contributed by atoms with E-state index in [1.807, 2.05) is 37.3 Å². The van der Waals surface area contributed by atoms with E-state index in [2.05, 4.69) is 10.3 Å². The van der Waals surface area contributed by atoms with Crippen LogP contribution in [0.15, 0.2) is 46.3 Å². The van der Waals surface area contributed by atoms with Crippen molar-refractivity contribution in [3.63, 3.8) is 0 Å². The summed E-state index contributed by atoms with van der Waals surface area (Å²) in [4.78, 5) is 28.5. The summed E-state index contributed by atoms with van der Waals surface area (Å²) in [6.45, 7) is 2.32. The van der Waals surface area contributed by atoms with Gasteiger partial charge in [0.25, 0.3) is 5.56 Å². The van der Waals surface area contributed by atoms with Gasteiger partial charge in [0.1, 0.15) is 0 Å². The van der Waals surface area contributed by atoms with E-state index >= 15 is 0 Å². The van der Waals surface area contributed by atoms with Gasteiger partial charge >= 0.3 is 0 Å². The van der Waals surface area contributed by atoms with E-state index < -0.39 is 0 Å². The molecule has 22 heavy (non-hydrogen) atoms. The third-order valence-corrected chi connectivity index (χ3v) is 4.67. The van der Waals surface area contributed by atoms with E-state index in [0.29, 0.717) is 23.9 Å². The van der Waals surface area contributed by atoms with Crippen molar-refractivity contribution in [2.45, 2.75) is 31.1 Å². The molecule has 6 heteroatoms. The maximum atomic E-state index is 12.1. The first-order valence-electron chi connectivity index (χ1n) is 7.17. The lowest BCUT2D eigenvalue weighted by Crippen LogP contribution is -2.30. The minimum absolute atomic E-state index is 0.0465. The zero-order chi connectivity index (χ0) is 15.5. The van der Waals surface area contributed by atoms with Gasteiger partial charge in [0, 0.05) is 30.5 Å². The third kappa shape index (κ3) is 3.22. The van der Waals surface area contributed by atoms with E-state index in [1.165, 1.54) is 17.8 Å². The Labute approximate surface area is 132 Å². The molecule has 5 nitrogen and oxygen atoms in total. The predicted molar refractivity (Wildman–Crippen MR) is 85.9 cm³/mol. The van der Waals surface area contributed by atoms with E-state index in [-0.39, 0.29) is 17.5 Å². The van der Waals surface area contributed by atoms with Gasteiger partial charge in [-0.05, 0) is 12.5 Å². The van der Waals surface area contributed by atoms with Crippen LogP contribution in [0.5, 0.6) is 0 Å². The van der Waals surface area contributed by atoms with Crippen LogP contribution in [0.1, 0.15) is 23.7 Å². The molecule has 1 aliphatic heterocycles. The summed E-state index contributed by atoms with van der Waals surface area (Å²) in [5.41, 5.74) is 1.71. The van der Waals surface area contributed by atoms with Gasteiger partial charge in [-0.2, -0.15) is 0 Å². The molecule has 1 N–H and O–H groups in total. The Kier molecular flexibility index (Phi) is 4.29. The van der Waals surface area contributed by atoms with Crippen LogP contribution in [0.25, 0.3) is 0 Å². The van der Waals surface area contributed by atoms with Gasteiger partial charge < -0.3 is 5.32 Å². The van der Waals surface area contributed by atoms with Gasteiger partial charge in [0.2, 0.25) is 5.91 Å². The number of thioether (sulfide) groups is 1. The minimum atomic E-state index is -0.114. The minimum Gasteiger partial charge on any atom is -0.352 e. The van der Waals surface area contributed by atoms with Crippen LogP contribution >= 0.6 is 11.8 Å². The number of aromatic nitrogens is 2. The normalized spacial score (nSPS) is 16.3. The van der Waals surface area contributed by atoms with Crippen LogP contribution in [0.4, 0.5) is 0 Å². The van der Waals surface area contributed by atoms with Crippen molar-refractivity contribution < 1.29 is 4.79 Å². The number of amides is 1. The van der Waals surface area contributed by atoms with Crippen LogP contribution < -0.4 is 10.9 Å². The smallest absolute Gasteiger partial charge is 0.254 e. The lowest BCUT2D eigenvalue weighted by Gasteiger charge is -2.13. The molecular formula is C16H17N3O2S. The number of benzene rings is 1. The van der Waals surface area contributed by atoms with Crippen molar-refractivity contribution in [2.75, 3.05) is 5.75 Å². The Balaban J connectivity index is 1.64. The van der Waals surface area contributed by atoms with Gasteiger partial charge in [-0.25, -0.2) is 4.98 Å². The van der Waals surface area contributed by atoms with E-state index in [4.69, 9.17) is 0 Å². The van der Waals surface area contributed by atoms with Gasteiger partial charge in [0.05, 0.1) is 6.04 Å². The number of nitrogens with one attached hydrogen (secondary N) is 1. The van der Waals surface area contributed by atoms with Crippen molar-refractivity contribution >= 4 is 17.7 Å². The maximum absolute atomic E-state index is 12.1. The largest absolute Gasteiger partial charge is 0.352 e. The number of carbonyl (C=O) groups excluding carboxylic acids is 1. The summed E-state index contributed by atoms with van der Waals surface area (Å²) in [5, 5.41) is 3.62. The summed E-state index contributed by atoms with van der Waals surface area (Å²) >= 11 is 1.53. The maximum Gasteiger partial charge on any atom is 0.254 e. The highest BCUT2D eigenvalue weighted by Gasteiger charge is 2.27. The monoisotopic (exact) mass is 315 g/mol. The van der Waals surface area contributed by atoms with Crippen molar-refractivity contribution in [2.24, 2.45) is 0 Å². The molecule has 1 aromatic carbocycles. The van der Waals surface area contributed by atoms with Gasteiger partial charge in [-0.15, -0.1) is 0 Å². The third-order valence-electron chi connectivity index (χ3n) is 3.57. The van der Waals surface area contributed by atoms with Crippen LogP contribution in [0.2, 0.25) is 0 Å². The molecule has 0 saturated carbocycles. The molecule has 2 heterocycles. The Morgan fingerprint density at radius 1 is 1.41 bits per heavy atom. The molecule has 0 radical (unpaired) electrons. The second kappa shape index (κ2) is 6.36. The van der Waals surface area contributed by atoms with Crippen molar-refractivity contribution in [1.82, 2.24) is 14.9 Å². The standard InChI is InChI=1S/C16H17N3O2S/c1-11-7-15(21)19-13(10-22-16(19)18-11)8-14(20)17-9-12-5-3-2-4-6-12/h2-7,13H,8-10H2,1H3,(H,17,20). The number of rotatable bonds is 4. The molecule has 2 aromatic rings. The quantitative estimate of drug-likeness (QED) is 0.875. The number of carbonyl (C=O) groups is 1. The number of nitrogens with zero attached hydrogens (tertiary/aromatic N) is 2. The molecule has 3 rings (SSSR count). The second-order valence-corrected chi connectivity index (χ2v) is 6.31. The zero-order valence-corrected chi connectivity index (χ0v) is 13.1. The van der Waals surface area contributed by atoms with Crippen LogP contribution in [0, 0.1) is 6.92 Å². The zero-order valence-electron chi connectivity index (χ0n) is 12.3. The van der Waals surface area contributed by atoms with Crippen molar-refractivity contribution in [3.8, 4) is 0 Å². The van der Waals surface area contributed by atoms with Crippen LogP contribution in [-0.4, -0.2) is 21.2 Å². The Morgan fingerprint density at radius 3 is 2.95 bits per heavy atom. The fourth-order valence-electron chi connectivity index (χ4n) is 2.50. The molecule has 1 aliphatic rings. The molecule has 0 fully saturated rings. The topological polar surface area (TPSA) is 64.0 Å². The van der Waals surface area contributed by atoms with Gasteiger partial charge in [-0.3, -0.25) is 14.2 Å². The summed E-state index contributed by atoms with van der Waals surface area (Å²) in [6, 6.07) is 11.2. The fraction of sp³-hybridized carbons (Fsp3) is 0.312. The number of aryl methyl sites for hydroxylation is 1. The molecular weight excluding hydrogens is 298 g/mol. The van der Waals surface area contributed by atoms with Crippen LogP contribution in [0.3, 0.4) is 0 Å². The van der Waals surface area contributed by atoms with Gasteiger partial charge in [-0.1, -0.05) is 42.1 Å². The van der Waals surface area contributed by atoms with Crippen LogP contribution in [-0.2, 0) is 11.3 Å². The second-order valence-electron chi connectivity index (χ2n) is 5.32. The number of hydrogen-bond donors (Lipinski definition) is 1. The average molecular weight is 315 g/mol. The molecule has 0 spiro atoms. The molecule has 1 unspecified atom stereocenters. The van der Waals surface area contributed by atoms with Crippen molar-refractivity contribution in [1.29, 1.82) is 0 Å². The first-order chi connectivity index (χ1) is 10.6. The first-order valence-corrected chi connectivity index (χ1v) is 8.15. The van der Waals surface area contributed by atoms with E-state index in [9.17, 15) is 9.59 Å². The Hall–Kier alpha value is -2.08. The highest BCUT2D eigenvalue weighted by molar-refractivity contribution is 7.99. The predicted octanol–water partition coefficient (Wildman–Crippen LogP) is 1.91. The fourth-order valence-corrected chi connectivity index (χ4v) is 3.69.